The number of nitrogens with zero attached hydrogens (tertiary/aromatic N) is 2. The number of aliphatic hydroxyl groups is 2. The van der Waals surface area contributed by atoms with Crippen molar-refractivity contribution in [3.8, 4) is 0 Å². The van der Waals surface area contributed by atoms with Crippen LogP contribution in [0.3, 0.4) is 0 Å². The van der Waals surface area contributed by atoms with Gasteiger partial charge in [-0.25, -0.2) is 9.97 Å². The first-order valence-corrected chi connectivity index (χ1v) is 9.08. The highest BCUT2D eigenvalue weighted by Crippen LogP contribution is 2.40. The van der Waals surface area contributed by atoms with E-state index in [1.807, 2.05) is 11.4 Å². The Morgan fingerprint density at radius 1 is 1.31 bits per heavy atom. The fourth-order valence-electron chi connectivity index (χ4n) is 3.04. The van der Waals surface area contributed by atoms with Crippen molar-refractivity contribution in [2.45, 2.75) is 24.7 Å². The molecule has 7 nitrogen and oxygen atoms in total. The van der Waals surface area contributed by atoms with Gasteiger partial charge in [-0.2, -0.15) is 0 Å². The van der Waals surface area contributed by atoms with Crippen molar-refractivity contribution in [1.82, 2.24) is 9.97 Å². The van der Waals surface area contributed by atoms with E-state index in [1.165, 1.54) is 17.7 Å². The zero-order valence-corrected chi connectivity index (χ0v) is 14.5. The average molecular weight is 371 g/mol. The molecule has 1 saturated heterocycles. The minimum atomic E-state index is -0.707. The fraction of sp³-hybridized carbons (Fsp3) is 0.278. The third kappa shape index (κ3) is 3.08. The summed E-state index contributed by atoms with van der Waals surface area (Å²) in [5.41, 5.74) is 1.23. The second-order valence-electron chi connectivity index (χ2n) is 6.05. The van der Waals surface area contributed by atoms with Crippen molar-refractivity contribution in [2.75, 3.05) is 11.9 Å². The first-order chi connectivity index (χ1) is 12.7. The fourth-order valence-corrected chi connectivity index (χ4v) is 4.09. The van der Waals surface area contributed by atoms with E-state index < -0.39 is 12.2 Å². The minimum Gasteiger partial charge on any atom is -0.394 e. The summed E-state index contributed by atoms with van der Waals surface area (Å²) in [7, 11) is 0. The van der Waals surface area contributed by atoms with Crippen molar-refractivity contribution < 1.29 is 19.7 Å². The van der Waals surface area contributed by atoms with Crippen molar-refractivity contribution in [3.05, 3.63) is 52.5 Å². The standard InChI is InChI=1S/C18H17N3O4S/c22-7-14-12(23)6-13(25-14)16-15-11(8-26-16)17(20-9-19-15)21-18(24)10-4-2-1-3-5-10/h1-5,8-9,12-14,22-23H,6-7H2,(H,19,20,21,24)/t12-,13+,14+/m0/s1. The quantitative estimate of drug-likeness (QED) is 0.649. The number of fused-ring (bicyclic) bond motifs is 1. The van der Waals surface area contributed by atoms with E-state index in [2.05, 4.69) is 15.3 Å². The topological polar surface area (TPSA) is 105 Å². The van der Waals surface area contributed by atoms with Crippen molar-refractivity contribution in [3.63, 3.8) is 0 Å². The molecule has 0 aliphatic carbocycles. The number of thiophene rings is 1. The monoisotopic (exact) mass is 371 g/mol. The summed E-state index contributed by atoms with van der Waals surface area (Å²) in [6.07, 6.45) is 0.166. The van der Waals surface area contributed by atoms with E-state index in [4.69, 9.17) is 4.74 Å². The molecule has 0 spiro atoms. The van der Waals surface area contributed by atoms with E-state index in [0.717, 1.165) is 10.3 Å². The van der Waals surface area contributed by atoms with Crippen LogP contribution in [-0.2, 0) is 4.74 Å². The lowest BCUT2D eigenvalue weighted by atomic mass is 10.1. The maximum atomic E-state index is 12.4. The van der Waals surface area contributed by atoms with Gasteiger partial charge in [0, 0.05) is 17.4 Å². The van der Waals surface area contributed by atoms with Crippen molar-refractivity contribution >= 4 is 34.0 Å². The Bertz CT molecular complexity index is 931. The Balaban J connectivity index is 1.63. The van der Waals surface area contributed by atoms with Crippen LogP contribution in [0.4, 0.5) is 5.82 Å². The number of hydrogen-bond acceptors (Lipinski definition) is 7. The summed E-state index contributed by atoms with van der Waals surface area (Å²) >= 11 is 1.44. The van der Waals surface area contributed by atoms with E-state index in [0.29, 0.717) is 23.3 Å². The molecule has 1 aliphatic rings. The number of aliphatic hydroxyl groups excluding tert-OH is 2. The molecule has 0 bridgehead atoms. The van der Waals surface area contributed by atoms with Gasteiger partial charge in [-0.05, 0) is 12.1 Å². The summed E-state index contributed by atoms with van der Waals surface area (Å²) in [6, 6.07) is 8.91. The van der Waals surface area contributed by atoms with Crippen LogP contribution in [0, 0.1) is 0 Å². The molecule has 1 aromatic carbocycles. The van der Waals surface area contributed by atoms with Gasteiger partial charge in [-0.3, -0.25) is 4.79 Å². The van der Waals surface area contributed by atoms with Gasteiger partial charge in [0.25, 0.3) is 5.91 Å². The third-order valence-electron chi connectivity index (χ3n) is 4.39. The summed E-state index contributed by atoms with van der Waals surface area (Å²) < 4.78 is 5.73. The van der Waals surface area contributed by atoms with Gasteiger partial charge in [0.05, 0.1) is 34.6 Å². The molecule has 1 amide bonds. The first-order valence-electron chi connectivity index (χ1n) is 8.20. The molecule has 0 unspecified atom stereocenters. The number of hydrogen-bond donors (Lipinski definition) is 3. The molecule has 1 aliphatic heterocycles. The molecule has 3 atom stereocenters. The summed E-state index contributed by atoms with van der Waals surface area (Å²) in [6.45, 7) is -0.228. The average Bonchev–Trinajstić information content (AvgIpc) is 3.26. The molecule has 0 saturated carbocycles. The molecule has 1 fully saturated rings. The Hall–Kier alpha value is -2.39. The van der Waals surface area contributed by atoms with Gasteiger partial charge in [0.15, 0.2) is 0 Å². The lowest BCUT2D eigenvalue weighted by molar-refractivity contribution is -0.0214. The minimum absolute atomic E-state index is 0.228. The molecule has 134 valence electrons. The smallest absolute Gasteiger partial charge is 0.256 e. The Kier molecular flexibility index (Phi) is 4.64. The highest BCUT2D eigenvalue weighted by Gasteiger charge is 2.36. The van der Waals surface area contributed by atoms with Crippen molar-refractivity contribution in [1.29, 1.82) is 0 Å². The van der Waals surface area contributed by atoms with Crippen LogP contribution in [0.1, 0.15) is 27.8 Å². The van der Waals surface area contributed by atoms with E-state index >= 15 is 0 Å². The number of benzene rings is 1. The summed E-state index contributed by atoms with van der Waals surface area (Å²) in [5.74, 6) is 0.190. The number of carbonyl (C=O) groups is 1. The highest BCUT2D eigenvalue weighted by molar-refractivity contribution is 7.11. The van der Waals surface area contributed by atoms with Gasteiger partial charge in [-0.1, -0.05) is 18.2 Å². The maximum absolute atomic E-state index is 12.4. The summed E-state index contributed by atoms with van der Waals surface area (Å²) in [5, 5.41) is 24.6. The van der Waals surface area contributed by atoms with Gasteiger partial charge in [0.2, 0.25) is 0 Å². The molecule has 3 N–H and O–H groups in total. The number of carbonyl (C=O) groups excluding carboxylic acids is 1. The van der Waals surface area contributed by atoms with Crippen LogP contribution in [0.2, 0.25) is 0 Å². The number of rotatable bonds is 4. The van der Waals surface area contributed by atoms with Gasteiger partial charge < -0.3 is 20.3 Å². The SMILES string of the molecule is O=C(Nc1ncnc2c([C@H]3C[C@H](O)[C@@H](CO)O3)scc12)c1ccccc1. The largest absolute Gasteiger partial charge is 0.394 e. The molecule has 4 rings (SSSR count). The number of aromatic nitrogens is 2. The normalized spacial score (nSPS) is 22.6. The molecular formula is C18H17N3O4S. The van der Waals surface area contributed by atoms with Crippen LogP contribution in [0.15, 0.2) is 42.0 Å². The number of nitrogens with one attached hydrogen (secondary N) is 1. The lowest BCUT2D eigenvalue weighted by Crippen LogP contribution is -2.24. The Morgan fingerprint density at radius 2 is 2.12 bits per heavy atom. The van der Waals surface area contributed by atoms with Crippen LogP contribution in [-0.4, -0.2) is 44.9 Å². The van der Waals surface area contributed by atoms with Crippen LogP contribution < -0.4 is 5.32 Å². The number of ether oxygens (including phenoxy) is 1. The first kappa shape index (κ1) is 17.0. The van der Waals surface area contributed by atoms with Gasteiger partial charge >= 0.3 is 0 Å². The lowest BCUT2D eigenvalue weighted by Gasteiger charge is -2.11. The summed E-state index contributed by atoms with van der Waals surface area (Å²) in [4.78, 5) is 21.8. The Morgan fingerprint density at radius 3 is 2.85 bits per heavy atom. The molecule has 3 heterocycles. The molecule has 26 heavy (non-hydrogen) atoms. The van der Waals surface area contributed by atoms with Crippen LogP contribution in [0.25, 0.3) is 10.9 Å². The molecule has 0 radical (unpaired) electrons. The third-order valence-corrected chi connectivity index (χ3v) is 5.45. The Labute approximate surface area is 153 Å². The maximum Gasteiger partial charge on any atom is 0.256 e. The molecule has 8 heteroatoms. The van der Waals surface area contributed by atoms with Crippen LogP contribution >= 0.6 is 11.3 Å². The van der Waals surface area contributed by atoms with Crippen molar-refractivity contribution in [2.24, 2.45) is 0 Å². The van der Waals surface area contributed by atoms with Crippen LogP contribution in [0.5, 0.6) is 0 Å². The molecular weight excluding hydrogens is 354 g/mol. The van der Waals surface area contributed by atoms with E-state index in [1.54, 1.807) is 24.3 Å². The number of anilines is 1. The number of amides is 1. The molecule has 3 aromatic rings. The second kappa shape index (κ2) is 7.08. The van der Waals surface area contributed by atoms with E-state index in [9.17, 15) is 15.0 Å². The second-order valence-corrected chi connectivity index (χ2v) is 6.96. The highest BCUT2D eigenvalue weighted by atomic mass is 32.1. The predicted molar refractivity (Wildman–Crippen MR) is 97.1 cm³/mol. The van der Waals surface area contributed by atoms with Gasteiger partial charge in [0.1, 0.15) is 18.2 Å². The molecule has 2 aromatic heterocycles. The zero-order chi connectivity index (χ0) is 18.1. The predicted octanol–water partition coefficient (Wildman–Crippen LogP) is 2.13. The zero-order valence-electron chi connectivity index (χ0n) is 13.7. The van der Waals surface area contributed by atoms with Gasteiger partial charge in [-0.15, -0.1) is 11.3 Å². The van der Waals surface area contributed by atoms with E-state index in [-0.39, 0.29) is 18.6 Å².